The Balaban J connectivity index is 2.03. The van der Waals surface area contributed by atoms with Gasteiger partial charge < -0.3 is 0 Å². The zero-order chi connectivity index (χ0) is 17.5. The highest BCUT2D eigenvalue weighted by Gasteiger charge is 2.59. The first-order chi connectivity index (χ1) is 11.2. The van der Waals surface area contributed by atoms with Gasteiger partial charge in [-0.3, -0.25) is 0 Å². The molecule has 1 aliphatic carbocycles. The van der Waals surface area contributed by atoms with Crippen LogP contribution in [0.4, 0.5) is 0 Å². The van der Waals surface area contributed by atoms with Gasteiger partial charge in [-0.05, 0) is 38.9 Å². The van der Waals surface area contributed by atoms with Crippen LogP contribution in [0.5, 0.6) is 0 Å². The molecule has 0 heterocycles. The maximum Gasteiger partial charge on any atom is -0.00127 e. The molecule has 24 heavy (non-hydrogen) atoms. The number of benzene rings is 2. The number of hydrogen-bond acceptors (Lipinski definition) is 0. The lowest BCUT2D eigenvalue weighted by Gasteiger charge is -2.42. The zero-order valence-corrected chi connectivity index (χ0v) is 16.8. The van der Waals surface area contributed by atoms with E-state index in [1.807, 2.05) is 0 Å². The molecule has 1 fully saturated rings. The molecule has 1 aliphatic rings. The molecule has 128 valence electrons. The van der Waals surface area contributed by atoms with Crippen molar-refractivity contribution >= 4 is 7.92 Å². The first-order valence-corrected chi connectivity index (χ1v) is 10.5. The van der Waals surface area contributed by atoms with Crippen LogP contribution in [0.2, 0.25) is 0 Å². The van der Waals surface area contributed by atoms with Crippen LogP contribution in [-0.4, -0.2) is 16.0 Å². The normalized spacial score (nSPS) is 24.2. The summed E-state index contributed by atoms with van der Waals surface area (Å²) in [6.07, 6.45) is 0. The molecule has 0 N–H and O–H groups in total. The Hall–Kier alpha value is -1.13. The summed E-state index contributed by atoms with van der Waals surface area (Å²) in [5.74, 6) is 1.36. The van der Waals surface area contributed by atoms with Gasteiger partial charge in [0.15, 0.2) is 0 Å². The van der Waals surface area contributed by atoms with E-state index in [9.17, 15) is 0 Å². The molecule has 0 aromatic heterocycles. The fourth-order valence-corrected chi connectivity index (χ4v) is 9.74. The van der Waals surface area contributed by atoms with E-state index in [4.69, 9.17) is 0 Å². The first-order valence-electron chi connectivity index (χ1n) is 9.10. The molecule has 0 radical (unpaired) electrons. The van der Waals surface area contributed by atoms with Crippen molar-refractivity contribution in [2.75, 3.05) is 0 Å². The van der Waals surface area contributed by atoms with E-state index in [2.05, 4.69) is 102 Å². The van der Waals surface area contributed by atoms with Crippen LogP contribution in [0.3, 0.4) is 0 Å². The molecule has 0 saturated heterocycles. The number of hydrogen-bond donors (Lipinski definition) is 0. The van der Waals surface area contributed by atoms with E-state index >= 15 is 0 Å². The standard InChI is InChI=1S/C23H31P/c1-22(2,3)24(23(4,5)6)21-19(17-13-9-7-10-14-17)20(21)18-15-11-8-12-16-18/h7-16,19-21H,1-6H3/t19-,20-/m1/s1. The lowest BCUT2D eigenvalue weighted by molar-refractivity contribution is 0.700. The summed E-state index contributed by atoms with van der Waals surface area (Å²) >= 11 is 0. The highest BCUT2D eigenvalue weighted by atomic mass is 31.1. The number of rotatable bonds is 3. The lowest BCUT2D eigenvalue weighted by atomic mass is 10.0. The van der Waals surface area contributed by atoms with Crippen LogP contribution in [0.25, 0.3) is 0 Å². The van der Waals surface area contributed by atoms with E-state index in [-0.39, 0.29) is 7.92 Å². The SMILES string of the molecule is CC(C)(C)P(C1[C@H](c2ccccc2)[C@H]1c1ccccc1)C(C)(C)C. The quantitative estimate of drug-likeness (QED) is 0.528. The van der Waals surface area contributed by atoms with Gasteiger partial charge in [0.25, 0.3) is 0 Å². The van der Waals surface area contributed by atoms with E-state index in [0.717, 1.165) is 5.66 Å². The smallest absolute Gasteiger partial charge is 0.00127 e. The van der Waals surface area contributed by atoms with Crippen LogP contribution in [-0.2, 0) is 0 Å². The molecular weight excluding hydrogens is 307 g/mol. The average molecular weight is 338 g/mol. The van der Waals surface area contributed by atoms with Gasteiger partial charge >= 0.3 is 0 Å². The van der Waals surface area contributed by atoms with Gasteiger partial charge in [-0.2, -0.15) is 0 Å². The van der Waals surface area contributed by atoms with Crippen LogP contribution >= 0.6 is 7.92 Å². The minimum Gasteiger partial charge on any atom is -0.0912 e. The Morgan fingerprint density at radius 3 is 1.21 bits per heavy atom. The largest absolute Gasteiger partial charge is 0.0912 e. The Labute approximate surface area is 149 Å². The molecule has 2 atom stereocenters. The molecule has 0 nitrogen and oxygen atoms in total. The summed E-state index contributed by atoms with van der Waals surface area (Å²) in [5.41, 5.74) is 3.83. The van der Waals surface area contributed by atoms with Crippen LogP contribution in [0, 0.1) is 0 Å². The van der Waals surface area contributed by atoms with Crippen molar-refractivity contribution in [3.05, 3.63) is 71.8 Å². The highest BCUT2D eigenvalue weighted by Crippen LogP contribution is 2.77. The van der Waals surface area contributed by atoms with Gasteiger partial charge in [-0.1, -0.05) is 110 Å². The second-order valence-electron chi connectivity index (χ2n) is 9.08. The van der Waals surface area contributed by atoms with Crippen molar-refractivity contribution in [2.24, 2.45) is 0 Å². The summed E-state index contributed by atoms with van der Waals surface area (Å²) in [7, 11) is -0.116. The molecule has 1 heteroatoms. The van der Waals surface area contributed by atoms with Crippen LogP contribution in [0.1, 0.15) is 64.5 Å². The zero-order valence-electron chi connectivity index (χ0n) is 16.0. The summed E-state index contributed by atoms with van der Waals surface area (Å²) < 4.78 is 0. The lowest BCUT2D eigenvalue weighted by Crippen LogP contribution is -2.27. The second-order valence-corrected chi connectivity index (χ2v) is 13.1. The van der Waals surface area contributed by atoms with Gasteiger partial charge in [0, 0.05) is 0 Å². The molecule has 0 amide bonds. The molecule has 2 aromatic rings. The third-order valence-corrected chi connectivity index (χ3v) is 9.22. The minimum absolute atomic E-state index is 0.116. The maximum atomic E-state index is 2.45. The molecular formula is C23H31P. The van der Waals surface area contributed by atoms with Crippen molar-refractivity contribution in [2.45, 2.75) is 69.3 Å². The first kappa shape index (κ1) is 17.7. The van der Waals surface area contributed by atoms with Crippen molar-refractivity contribution in [1.82, 2.24) is 0 Å². The molecule has 0 aliphatic heterocycles. The van der Waals surface area contributed by atoms with Gasteiger partial charge in [0.2, 0.25) is 0 Å². The predicted octanol–water partition coefficient (Wildman–Crippen LogP) is 7.02. The van der Waals surface area contributed by atoms with E-state index < -0.39 is 0 Å². The Bertz CT molecular complexity index is 601. The third kappa shape index (κ3) is 3.45. The fourth-order valence-electron chi connectivity index (χ4n) is 4.68. The summed E-state index contributed by atoms with van der Waals surface area (Å²) in [6, 6.07) is 22.4. The van der Waals surface area contributed by atoms with Crippen LogP contribution < -0.4 is 0 Å². The monoisotopic (exact) mass is 338 g/mol. The summed E-state index contributed by atoms with van der Waals surface area (Å²) in [4.78, 5) is 0. The predicted molar refractivity (Wildman–Crippen MR) is 109 cm³/mol. The maximum absolute atomic E-state index is 2.45. The van der Waals surface area contributed by atoms with Crippen molar-refractivity contribution < 1.29 is 0 Å². The van der Waals surface area contributed by atoms with Crippen molar-refractivity contribution in [1.29, 1.82) is 0 Å². The Morgan fingerprint density at radius 1 is 0.583 bits per heavy atom. The molecule has 0 spiro atoms. The van der Waals surface area contributed by atoms with E-state index in [0.29, 0.717) is 22.1 Å². The second kappa shape index (κ2) is 6.30. The van der Waals surface area contributed by atoms with Gasteiger partial charge in [0.05, 0.1) is 0 Å². The fraction of sp³-hybridized carbons (Fsp3) is 0.478. The molecule has 3 rings (SSSR count). The Kier molecular flexibility index (Phi) is 4.65. The summed E-state index contributed by atoms with van der Waals surface area (Å²) in [6.45, 7) is 14.7. The molecule has 0 unspecified atom stereocenters. The Morgan fingerprint density at radius 2 is 0.917 bits per heavy atom. The topological polar surface area (TPSA) is 0 Å². The molecule has 0 bridgehead atoms. The minimum atomic E-state index is -0.116. The average Bonchev–Trinajstić information content (AvgIpc) is 3.20. The van der Waals surface area contributed by atoms with Crippen molar-refractivity contribution in [3.63, 3.8) is 0 Å². The van der Waals surface area contributed by atoms with Gasteiger partial charge in [0.1, 0.15) is 0 Å². The molecule has 2 aromatic carbocycles. The van der Waals surface area contributed by atoms with Crippen molar-refractivity contribution in [3.8, 4) is 0 Å². The van der Waals surface area contributed by atoms with Gasteiger partial charge in [-0.25, -0.2) is 0 Å². The molecule has 1 saturated carbocycles. The van der Waals surface area contributed by atoms with E-state index in [1.165, 1.54) is 11.1 Å². The van der Waals surface area contributed by atoms with Gasteiger partial charge in [-0.15, -0.1) is 0 Å². The summed E-state index contributed by atoms with van der Waals surface area (Å²) in [5, 5.41) is 0.740. The van der Waals surface area contributed by atoms with Crippen LogP contribution in [0.15, 0.2) is 60.7 Å². The van der Waals surface area contributed by atoms with E-state index in [1.54, 1.807) is 0 Å². The highest BCUT2D eigenvalue weighted by molar-refractivity contribution is 7.62. The third-order valence-electron chi connectivity index (χ3n) is 5.09.